The van der Waals surface area contributed by atoms with E-state index in [0.717, 1.165) is 24.5 Å². The number of nitrogens with one attached hydrogen (secondary N) is 5. The van der Waals surface area contributed by atoms with Crippen LogP contribution in [0.15, 0.2) is 52.7 Å². The highest BCUT2D eigenvalue weighted by Crippen LogP contribution is 2.12. The SMILES string of the molecule is C=C1NC[C@H](CCCCNC)NC(=O)c2ccc(c(=O)n2C)C(=O)NCCCN(C(=C)CN(O)C(C)=O)CCCCN(C(=O)CN(O)C(C)=O)CCCNC(=O)c2ccc1n(O)c2=O. The molecule has 4 bridgehead atoms. The molecule has 8 N–H and O–H groups in total. The largest absolute Gasteiger partial charge is 0.425 e. The van der Waals surface area contributed by atoms with Crippen LogP contribution in [0.4, 0.5) is 0 Å². The molecule has 22 nitrogen and oxygen atoms in total. The minimum absolute atomic E-state index is 0.00474. The average Bonchev–Trinajstić information content (AvgIpc) is 3.24. The summed E-state index contributed by atoms with van der Waals surface area (Å²) in [6.07, 6.45) is 3.44. The van der Waals surface area contributed by atoms with Gasteiger partial charge in [0.1, 0.15) is 29.1 Å². The standard InChI is InChI=1S/C42H63N11O11/c1-28(26-51(62)30(3)54)49-21-9-10-22-50(37(56)27-52(63)31(4)55)24-12-20-45-39(58)34-14-16-35(53(64)42(34)61)29(2)46-25-32(13-7-8-18-43-5)47-40(59)36-17-15-33(41(60)48(36)6)38(57)44-19-11-23-49/h14-17,32,43,46,62-64H,1-2,7-13,18-27H2,3-6H3,(H,44,57)(H,45,58)(H,47,59)/t32-/m0/s1. The first kappa shape index (κ1) is 51.8. The predicted molar refractivity (Wildman–Crippen MR) is 234 cm³/mol. The monoisotopic (exact) mass is 897 g/mol. The van der Waals surface area contributed by atoms with E-state index in [0.29, 0.717) is 56.0 Å². The van der Waals surface area contributed by atoms with Crippen molar-refractivity contribution in [2.45, 2.75) is 64.8 Å². The summed E-state index contributed by atoms with van der Waals surface area (Å²) in [5.74, 6) is -3.94. The van der Waals surface area contributed by atoms with Crippen molar-refractivity contribution >= 4 is 41.1 Å². The van der Waals surface area contributed by atoms with Crippen molar-refractivity contribution in [1.82, 2.24) is 55.8 Å². The van der Waals surface area contributed by atoms with Gasteiger partial charge in [-0.1, -0.05) is 19.6 Å². The number of nitrogens with zero attached hydrogens (tertiary/aromatic N) is 6. The second-order valence-corrected chi connectivity index (χ2v) is 15.4. The Labute approximate surface area is 371 Å². The number of unbranched alkanes of at least 4 members (excludes halogenated alkanes) is 1. The topological polar surface area (TPSA) is 280 Å². The van der Waals surface area contributed by atoms with Crippen LogP contribution in [-0.4, -0.2) is 159 Å². The molecule has 5 rings (SSSR count). The van der Waals surface area contributed by atoms with Gasteiger partial charge in [-0.15, -0.1) is 4.73 Å². The lowest BCUT2D eigenvalue weighted by atomic mass is 10.1. The van der Waals surface area contributed by atoms with Crippen LogP contribution in [-0.2, 0) is 21.4 Å². The quantitative estimate of drug-likeness (QED) is 0.0658. The molecule has 3 aliphatic heterocycles. The second-order valence-electron chi connectivity index (χ2n) is 15.4. The van der Waals surface area contributed by atoms with Crippen LogP contribution in [0.5, 0.6) is 0 Å². The third-order valence-electron chi connectivity index (χ3n) is 10.6. The van der Waals surface area contributed by atoms with E-state index in [1.807, 2.05) is 11.9 Å². The average molecular weight is 898 g/mol. The number of hydrogen-bond donors (Lipinski definition) is 8. The number of pyridine rings is 2. The highest BCUT2D eigenvalue weighted by Gasteiger charge is 2.23. The lowest BCUT2D eigenvalue weighted by Crippen LogP contribution is -2.44. The normalized spacial score (nSPS) is 16.6. The van der Waals surface area contributed by atoms with E-state index in [-0.39, 0.29) is 83.7 Å². The van der Waals surface area contributed by atoms with Gasteiger partial charge in [-0.2, -0.15) is 0 Å². The number of carbonyl (C=O) groups excluding carboxylic acids is 6. The van der Waals surface area contributed by atoms with Crippen LogP contribution >= 0.6 is 0 Å². The van der Waals surface area contributed by atoms with Gasteiger partial charge in [-0.05, 0) is 76.4 Å². The molecule has 2 aromatic rings. The van der Waals surface area contributed by atoms with E-state index in [1.165, 1.54) is 43.1 Å². The number of hydroxylamine groups is 4. The summed E-state index contributed by atoms with van der Waals surface area (Å²) in [5, 5.41) is 46.1. The van der Waals surface area contributed by atoms with Crippen molar-refractivity contribution in [3.05, 3.63) is 86.3 Å². The van der Waals surface area contributed by atoms with Gasteiger partial charge in [0, 0.05) is 78.4 Å². The van der Waals surface area contributed by atoms with Crippen LogP contribution in [0.25, 0.3) is 5.70 Å². The van der Waals surface area contributed by atoms with Crippen LogP contribution in [0, 0.1) is 0 Å². The molecular formula is C42H63N11O11. The molecule has 0 aliphatic carbocycles. The first-order chi connectivity index (χ1) is 30.4. The van der Waals surface area contributed by atoms with Crippen molar-refractivity contribution in [3.63, 3.8) is 0 Å². The minimum atomic E-state index is -1.03. The molecule has 0 saturated heterocycles. The number of fused-ring (bicyclic) bond motifs is 2. The Morgan fingerprint density at radius 1 is 0.750 bits per heavy atom. The molecule has 2 aromatic heterocycles. The van der Waals surface area contributed by atoms with Gasteiger partial charge in [0.05, 0.1) is 12.2 Å². The molecule has 1 atom stereocenters. The van der Waals surface area contributed by atoms with Crippen LogP contribution in [0.2, 0.25) is 0 Å². The molecule has 22 heteroatoms. The first-order valence-corrected chi connectivity index (χ1v) is 21.1. The lowest BCUT2D eigenvalue weighted by Gasteiger charge is -2.29. The molecule has 0 fully saturated rings. The number of hydrogen-bond acceptors (Lipinski definition) is 14. The molecule has 0 unspecified atom stereocenters. The highest BCUT2D eigenvalue weighted by molar-refractivity contribution is 5.96. The Morgan fingerprint density at radius 3 is 1.88 bits per heavy atom. The minimum Gasteiger partial charge on any atom is -0.425 e. The Kier molecular flexibility index (Phi) is 20.7. The Morgan fingerprint density at radius 2 is 1.28 bits per heavy atom. The molecule has 3 aliphatic rings. The highest BCUT2D eigenvalue weighted by atomic mass is 16.5. The van der Waals surface area contributed by atoms with Crippen molar-refractivity contribution in [2.24, 2.45) is 7.05 Å². The van der Waals surface area contributed by atoms with Crippen molar-refractivity contribution in [2.75, 3.05) is 72.5 Å². The maximum absolute atomic E-state index is 13.6. The van der Waals surface area contributed by atoms with E-state index in [9.17, 15) is 54.0 Å². The number of rotatable bonds is 10. The van der Waals surface area contributed by atoms with Crippen LogP contribution in [0.1, 0.15) is 95.7 Å². The third-order valence-corrected chi connectivity index (χ3v) is 10.6. The summed E-state index contributed by atoms with van der Waals surface area (Å²) in [7, 11) is 3.20. The van der Waals surface area contributed by atoms with E-state index in [1.54, 1.807) is 0 Å². The summed E-state index contributed by atoms with van der Waals surface area (Å²) in [6.45, 7) is 11.3. The molecule has 0 spiro atoms. The van der Waals surface area contributed by atoms with E-state index >= 15 is 0 Å². The molecule has 0 aromatic carbocycles. The van der Waals surface area contributed by atoms with Gasteiger partial charge < -0.3 is 46.2 Å². The molecule has 0 radical (unpaired) electrons. The van der Waals surface area contributed by atoms with Gasteiger partial charge in [0.25, 0.3) is 28.8 Å². The fourth-order valence-corrected chi connectivity index (χ4v) is 6.73. The zero-order chi connectivity index (χ0) is 47.5. The molecule has 0 saturated carbocycles. The fraction of sp³-hybridized carbons (Fsp3) is 0.524. The van der Waals surface area contributed by atoms with Crippen molar-refractivity contribution in [3.8, 4) is 0 Å². The molecular weight excluding hydrogens is 835 g/mol. The van der Waals surface area contributed by atoms with Gasteiger partial charge in [0.2, 0.25) is 17.7 Å². The maximum atomic E-state index is 13.6. The number of amides is 6. The molecule has 5 heterocycles. The predicted octanol–water partition coefficient (Wildman–Crippen LogP) is -0.314. The van der Waals surface area contributed by atoms with Gasteiger partial charge in [-0.3, -0.25) is 48.8 Å². The zero-order valence-electron chi connectivity index (χ0n) is 37.1. The smallest absolute Gasteiger partial charge is 0.296 e. The Hall–Kier alpha value is -6.52. The van der Waals surface area contributed by atoms with Crippen molar-refractivity contribution < 1.29 is 44.4 Å². The van der Waals surface area contributed by atoms with Crippen LogP contribution in [0.3, 0.4) is 0 Å². The van der Waals surface area contributed by atoms with Gasteiger partial charge >= 0.3 is 0 Å². The van der Waals surface area contributed by atoms with Crippen LogP contribution < -0.4 is 37.7 Å². The lowest BCUT2D eigenvalue weighted by molar-refractivity contribution is -0.169. The van der Waals surface area contributed by atoms with E-state index in [4.69, 9.17) is 0 Å². The molecule has 6 amide bonds. The van der Waals surface area contributed by atoms with Gasteiger partial charge in [-0.25, -0.2) is 10.1 Å². The fourth-order valence-electron chi connectivity index (χ4n) is 6.73. The van der Waals surface area contributed by atoms with E-state index in [2.05, 4.69) is 39.7 Å². The first-order valence-electron chi connectivity index (χ1n) is 21.1. The van der Waals surface area contributed by atoms with Gasteiger partial charge in [0.15, 0.2) is 0 Å². The maximum Gasteiger partial charge on any atom is 0.296 e. The molecule has 64 heavy (non-hydrogen) atoms. The van der Waals surface area contributed by atoms with E-state index < -0.39 is 59.1 Å². The zero-order valence-corrected chi connectivity index (χ0v) is 37.1. The summed E-state index contributed by atoms with van der Waals surface area (Å²) in [6, 6.07) is 4.68. The Bertz CT molecular complexity index is 2140. The number of aromatic nitrogens is 2. The third kappa shape index (κ3) is 15.4. The van der Waals surface area contributed by atoms with Crippen molar-refractivity contribution in [1.29, 1.82) is 0 Å². The second kappa shape index (κ2) is 25.6. The Balaban J connectivity index is 1.93. The molecule has 352 valence electrons. The summed E-state index contributed by atoms with van der Waals surface area (Å²) in [4.78, 5) is 106. The number of carbonyl (C=O) groups is 6. The summed E-state index contributed by atoms with van der Waals surface area (Å²) >= 11 is 0. The summed E-state index contributed by atoms with van der Waals surface area (Å²) in [5.41, 5.74) is -1.84. The summed E-state index contributed by atoms with van der Waals surface area (Å²) < 4.78 is 1.36.